The Bertz CT molecular complexity index is 1380. The summed E-state index contributed by atoms with van der Waals surface area (Å²) in [4.78, 5) is 17.9. The second-order valence-corrected chi connectivity index (χ2v) is 13.7. The Balaban J connectivity index is 1.06. The maximum absolute atomic E-state index is 14.0. The van der Waals surface area contributed by atoms with E-state index >= 15 is 0 Å². The van der Waals surface area contributed by atoms with Gasteiger partial charge in [-0.15, -0.1) is 0 Å². The first-order chi connectivity index (χ1) is 20.9. The second-order valence-electron chi connectivity index (χ2n) is 13.7. The fraction of sp³-hybridized carbons (Fsp3) is 0.618. The maximum atomic E-state index is 14.0. The van der Waals surface area contributed by atoms with Crippen molar-refractivity contribution in [2.24, 2.45) is 5.92 Å². The van der Waals surface area contributed by atoms with Crippen molar-refractivity contribution in [2.45, 2.75) is 69.0 Å². The summed E-state index contributed by atoms with van der Waals surface area (Å²) in [6, 6.07) is 12.3. The molecule has 0 amide bonds. The third kappa shape index (κ3) is 5.93. The van der Waals surface area contributed by atoms with E-state index in [0.717, 1.165) is 90.4 Å². The predicted octanol–water partition coefficient (Wildman–Crippen LogP) is 4.75. The third-order valence-electron chi connectivity index (χ3n) is 11.0. The number of halogens is 2. The molecule has 2 aliphatic heterocycles. The molecule has 43 heavy (non-hydrogen) atoms. The number of imidazole rings is 1. The summed E-state index contributed by atoms with van der Waals surface area (Å²) in [6.07, 6.45) is 7.84. The van der Waals surface area contributed by atoms with Gasteiger partial charge in [-0.2, -0.15) is 0 Å². The zero-order valence-electron chi connectivity index (χ0n) is 25.4. The summed E-state index contributed by atoms with van der Waals surface area (Å²) in [6.45, 7) is 8.57. The Morgan fingerprint density at radius 1 is 1.07 bits per heavy atom. The third-order valence-corrected chi connectivity index (χ3v) is 11.0. The van der Waals surface area contributed by atoms with Gasteiger partial charge in [-0.3, -0.25) is 4.90 Å². The molecule has 7 nitrogen and oxygen atoms in total. The van der Waals surface area contributed by atoms with Crippen LogP contribution in [0.5, 0.6) is 0 Å². The predicted molar refractivity (Wildman–Crippen MR) is 166 cm³/mol. The molecule has 0 radical (unpaired) electrons. The Morgan fingerprint density at radius 3 is 2.72 bits per heavy atom. The van der Waals surface area contributed by atoms with Gasteiger partial charge in [-0.25, -0.2) is 13.8 Å². The minimum absolute atomic E-state index is 0.244. The van der Waals surface area contributed by atoms with E-state index in [2.05, 4.69) is 55.9 Å². The zero-order chi connectivity index (χ0) is 29.6. The number of nitrogens with zero attached hydrogens (tertiary/aromatic N) is 5. The molecule has 4 unspecified atom stereocenters. The SMILES string of the molecule is CN1CCN(CCCN(c2nc3cc(F)c(F)cc3[nH]2)C2CCC3(c4cccc(CN5CCCC5CO)c4)CC3C2)CC1. The van der Waals surface area contributed by atoms with Crippen LogP contribution in [0.2, 0.25) is 0 Å². The number of aromatic amines is 1. The summed E-state index contributed by atoms with van der Waals surface area (Å²) >= 11 is 0. The van der Waals surface area contributed by atoms with Gasteiger partial charge in [0.25, 0.3) is 0 Å². The largest absolute Gasteiger partial charge is 0.395 e. The minimum atomic E-state index is -0.855. The van der Waals surface area contributed by atoms with Crippen molar-refractivity contribution in [3.05, 3.63) is 59.2 Å². The molecule has 2 aromatic carbocycles. The lowest BCUT2D eigenvalue weighted by molar-refractivity contribution is 0.153. The highest BCUT2D eigenvalue weighted by Crippen LogP contribution is 2.63. The molecule has 1 aromatic heterocycles. The highest BCUT2D eigenvalue weighted by atomic mass is 19.2. The normalized spacial score (nSPS) is 28.4. The molecular formula is C34H46F2N6O. The van der Waals surface area contributed by atoms with Crippen LogP contribution in [0.1, 0.15) is 56.1 Å². The number of likely N-dealkylation sites (N-methyl/N-ethyl adjacent to an activating group) is 1. The van der Waals surface area contributed by atoms with Crippen LogP contribution in [0.15, 0.2) is 36.4 Å². The van der Waals surface area contributed by atoms with E-state index in [1.54, 1.807) is 0 Å². The number of hydrogen-bond donors (Lipinski definition) is 2. The van der Waals surface area contributed by atoms with Gasteiger partial charge in [-0.05, 0) is 87.5 Å². The van der Waals surface area contributed by atoms with Crippen molar-refractivity contribution in [2.75, 3.05) is 64.4 Å². The van der Waals surface area contributed by atoms with Crippen LogP contribution in [0.4, 0.5) is 14.7 Å². The van der Waals surface area contributed by atoms with E-state index in [-0.39, 0.29) is 12.0 Å². The number of nitrogens with one attached hydrogen (secondary N) is 1. The number of H-pyrrole nitrogens is 1. The summed E-state index contributed by atoms with van der Waals surface area (Å²) in [5, 5.41) is 9.78. The number of piperazine rings is 1. The number of likely N-dealkylation sites (tertiary alicyclic amines) is 1. The van der Waals surface area contributed by atoms with Crippen molar-refractivity contribution >= 4 is 17.0 Å². The molecule has 0 spiro atoms. The van der Waals surface area contributed by atoms with Crippen LogP contribution in [-0.4, -0.2) is 101 Å². The molecule has 3 heterocycles. The molecule has 2 saturated heterocycles. The van der Waals surface area contributed by atoms with Crippen LogP contribution in [-0.2, 0) is 12.0 Å². The van der Waals surface area contributed by atoms with Gasteiger partial charge >= 0.3 is 0 Å². The minimum Gasteiger partial charge on any atom is -0.395 e. The average Bonchev–Trinajstić information content (AvgIpc) is 3.36. The Kier molecular flexibility index (Phi) is 8.18. The van der Waals surface area contributed by atoms with Crippen LogP contribution in [0.25, 0.3) is 11.0 Å². The Labute approximate surface area is 253 Å². The van der Waals surface area contributed by atoms with Crippen molar-refractivity contribution in [1.82, 2.24) is 24.7 Å². The molecule has 2 aliphatic carbocycles. The number of aromatic nitrogens is 2. The van der Waals surface area contributed by atoms with Gasteiger partial charge in [0, 0.05) is 63.5 Å². The van der Waals surface area contributed by atoms with Crippen molar-refractivity contribution in [3.63, 3.8) is 0 Å². The molecule has 4 atom stereocenters. The summed E-state index contributed by atoms with van der Waals surface area (Å²) in [5.74, 6) is -0.324. The highest BCUT2D eigenvalue weighted by Gasteiger charge is 2.58. The van der Waals surface area contributed by atoms with Crippen molar-refractivity contribution in [1.29, 1.82) is 0 Å². The lowest BCUT2D eigenvalue weighted by atomic mass is 9.80. The van der Waals surface area contributed by atoms with Crippen LogP contribution in [0, 0.1) is 17.6 Å². The topological polar surface area (TPSA) is 61.9 Å². The number of rotatable bonds is 10. The monoisotopic (exact) mass is 592 g/mol. The van der Waals surface area contributed by atoms with Crippen molar-refractivity contribution < 1.29 is 13.9 Å². The van der Waals surface area contributed by atoms with E-state index in [1.165, 1.54) is 36.1 Å². The van der Waals surface area contributed by atoms with E-state index in [1.807, 2.05) is 0 Å². The molecule has 9 heteroatoms. The summed E-state index contributed by atoms with van der Waals surface area (Å²) in [7, 11) is 2.18. The molecule has 3 aromatic rings. The smallest absolute Gasteiger partial charge is 0.204 e. The van der Waals surface area contributed by atoms with Crippen LogP contribution >= 0.6 is 0 Å². The molecule has 4 fully saturated rings. The Hall–Kier alpha value is -2.59. The van der Waals surface area contributed by atoms with Gasteiger partial charge in [0.1, 0.15) is 0 Å². The summed E-state index contributed by atoms with van der Waals surface area (Å²) < 4.78 is 28.1. The standard InChI is InChI=1S/C34H46F2N6O/c1-39-13-15-40(16-14-39)10-4-12-42(33-37-31-19-29(35)30(36)20-32(31)38-33)27-8-9-34(21-26(34)18-27)25-6-2-5-24(17-25)22-41-11-3-7-28(41)23-43/h2,5-6,17,19-20,26-28,43H,3-4,7-16,18,21-23H2,1H3,(H,37,38). The lowest BCUT2D eigenvalue weighted by Crippen LogP contribution is -2.46. The first-order valence-corrected chi connectivity index (χ1v) is 16.4. The number of aliphatic hydroxyl groups is 1. The average molecular weight is 593 g/mol. The molecule has 2 saturated carbocycles. The van der Waals surface area contributed by atoms with E-state index < -0.39 is 11.6 Å². The van der Waals surface area contributed by atoms with E-state index in [4.69, 9.17) is 4.98 Å². The zero-order valence-corrected chi connectivity index (χ0v) is 25.4. The molecule has 2 N–H and O–H groups in total. The van der Waals surface area contributed by atoms with Gasteiger partial charge in [-0.1, -0.05) is 24.3 Å². The maximum Gasteiger partial charge on any atom is 0.204 e. The molecule has 232 valence electrons. The number of fused-ring (bicyclic) bond motifs is 2. The molecule has 4 aliphatic rings. The van der Waals surface area contributed by atoms with Gasteiger partial charge in [0.05, 0.1) is 17.6 Å². The Morgan fingerprint density at radius 2 is 1.91 bits per heavy atom. The van der Waals surface area contributed by atoms with Gasteiger partial charge in [0.15, 0.2) is 11.6 Å². The fourth-order valence-corrected chi connectivity index (χ4v) is 8.30. The van der Waals surface area contributed by atoms with E-state index in [0.29, 0.717) is 29.0 Å². The van der Waals surface area contributed by atoms with Crippen molar-refractivity contribution in [3.8, 4) is 0 Å². The first-order valence-electron chi connectivity index (χ1n) is 16.4. The highest BCUT2D eigenvalue weighted by molar-refractivity contribution is 5.78. The molecule has 0 bridgehead atoms. The number of aliphatic hydroxyl groups excluding tert-OH is 1. The van der Waals surface area contributed by atoms with Gasteiger partial charge < -0.3 is 24.8 Å². The van der Waals surface area contributed by atoms with Crippen LogP contribution in [0.3, 0.4) is 0 Å². The number of benzene rings is 2. The second kappa shape index (κ2) is 12.1. The lowest BCUT2D eigenvalue weighted by Gasteiger charge is -2.38. The summed E-state index contributed by atoms with van der Waals surface area (Å²) in [5.41, 5.74) is 4.12. The molecule has 7 rings (SSSR count). The fourth-order valence-electron chi connectivity index (χ4n) is 8.30. The van der Waals surface area contributed by atoms with Crippen LogP contribution < -0.4 is 4.90 Å². The number of anilines is 1. The quantitative estimate of drug-likeness (QED) is 0.354. The van der Waals surface area contributed by atoms with E-state index in [9.17, 15) is 13.9 Å². The molecular weight excluding hydrogens is 546 g/mol. The van der Waals surface area contributed by atoms with Gasteiger partial charge in [0.2, 0.25) is 5.95 Å². The first kappa shape index (κ1) is 29.1. The number of hydrogen-bond acceptors (Lipinski definition) is 6.